The Balaban J connectivity index is 1.60. The molecule has 3 heterocycles. The van der Waals surface area contributed by atoms with Gasteiger partial charge in [-0.05, 0) is 25.1 Å². The second-order valence-electron chi connectivity index (χ2n) is 7.28. The van der Waals surface area contributed by atoms with E-state index in [1.807, 2.05) is 6.92 Å². The predicted molar refractivity (Wildman–Crippen MR) is 108 cm³/mol. The van der Waals surface area contributed by atoms with Crippen LogP contribution in [0.2, 0.25) is 0 Å². The zero-order chi connectivity index (χ0) is 23.5. The minimum Gasteiger partial charge on any atom is -0.459 e. The van der Waals surface area contributed by atoms with Gasteiger partial charge in [0.05, 0.1) is 5.56 Å². The van der Waals surface area contributed by atoms with Crippen LogP contribution < -0.4 is 11.2 Å². The molecular weight excluding hydrogens is 438 g/mol. The summed E-state index contributed by atoms with van der Waals surface area (Å²) in [6.45, 7) is 1.53. The van der Waals surface area contributed by atoms with Gasteiger partial charge in [-0.25, -0.2) is 19.2 Å². The van der Waals surface area contributed by atoms with Crippen LogP contribution in [0.5, 0.6) is 0 Å². The molecular formula is C21H19N3O9. The second kappa shape index (κ2) is 9.22. The van der Waals surface area contributed by atoms with E-state index >= 15 is 0 Å². The van der Waals surface area contributed by atoms with Crippen molar-refractivity contribution in [2.24, 2.45) is 0 Å². The molecule has 33 heavy (non-hydrogen) atoms. The molecule has 2 aromatic rings. The van der Waals surface area contributed by atoms with Crippen molar-refractivity contribution in [2.45, 2.75) is 31.5 Å². The fourth-order valence-corrected chi connectivity index (χ4v) is 3.42. The molecule has 4 atom stereocenters. The molecule has 1 aromatic heterocycles. The highest BCUT2D eigenvalue weighted by molar-refractivity contribution is 5.92. The number of nitrogens with one attached hydrogen (secondary N) is 1. The van der Waals surface area contributed by atoms with Crippen LogP contribution >= 0.6 is 0 Å². The molecule has 12 nitrogen and oxygen atoms in total. The van der Waals surface area contributed by atoms with E-state index in [0.29, 0.717) is 5.56 Å². The van der Waals surface area contributed by atoms with E-state index in [0.717, 1.165) is 22.3 Å². The largest absolute Gasteiger partial charge is 0.459 e. The first-order chi connectivity index (χ1) is 15.9. The molecule has 0 spiro atoms. The third-order valence-electron chi connectivity index (χ3n) is 5.03. The Hall–Kier alpha value is -4.03. The summed E-state index contributed by atoms with van der Waals surface area (Å²) in [5.74, 6) is -2.42. The summed E-state index contributed by atoms with van der Waals surface area (Å²) in [5.41, 5.74) is 2.18. The smallest absolute Gasteiger partial charge is 0.351 e. The number of aromatic nitrogens is 2. The fourth-order valence-electron chi connectivity index (χ4n) is 3.42. The molecule has 1 aromatic carbocycles. The Morgan fingerprint density at radius 1 is 1.09 bits per heavy atom. The van der Waals surface area contributed by atoms with E-state index in [2.05, 4.69) is 4.98 Å². The van der Waals surface area contributed by atoms with Crippen molar-refractivity contribution >= 4 is 23.7 Å². The Bertz CT molecular complexity index is 1160. The van der Waals surface area contributed by atoms with Gasteiger partial charge in [0, 0.05) is 18.3 Å². The highest BCUT2D eigenvalue weighted by Crippen LogP contribution is 2.34. The maximum Gasteiger partial charge on any atom is 0.351 e. The number of hydrogen-bond acceptors (Lipinski definition) is 11. The van der Waals surface area contributed by atoms with E-state index in [1.165, 1.54) is 12.3 Å². The van der Waals surface area contributed by atoms with Crippen LogP contribution in [0.15, 0.2) is 53.5 Å². The van der Waals surface area contributed by atoms with Crippen LogP contribution in [0.3, 0.4) is 0 Å². The van der Waals surface area contributed by atoms with Gasteiger partial charge in [0.15, 0.2) is 24.3 Å². The maximum atomic E-state index is 12.4. The first kappa shape index (κ1) is 22.2. The Morgan fingerprint density at radius 2 is 1.76 bits per heavy atom. The number of benzene rings is 1. The van der Waals surface area contributed by atoms with Crippen molar-refractivity contribution in [3.63, 3.8) is 0 Å². The molecule has 12 heteroatoms. The number of aryl methyl sites for hydroxylation is 1. The standard InChI is InChI=1S/C21H19N3O9/c1-11-2-4-12(5-3-11)20(27)30-10-13-17-18(33-16(26)7-6-15(25)32-17)19(31-13)24-9-8-14(23-29)22-21(24)28/h2-9,13,17-19,29H,10H2,1H3,(H,22,23,28)/b7-6-/t13?,17-,18-,19-/m1/s1. The summed E-state index contributed by atoms with van der Waals surface area (Å²) >= 11 is 0. The number of carbonyl (C=O) groups excluding carboxylic acids is 3. The molecule has 0 radical (unpaired) electrons. The van der Waals surface area contributed by atoms with Crippen LogP contribution in [0, 0.1) is 6.92 Å². The van der Waals surface area contributed by atoms with Gasteiger partial charge in [-0.15, -0.1) is 0 Å². The van der Waals surface area contributed by atoms with Crippen molar-refractivity contribution in [3.8, 4) is 0 Å². The molecule has 0 saturated carbocycles. The maximum absolute atomic E-state index is 12.4. The summed E-state index contributed by atoms with van der Waals surface area (Å²) in [7, 11) is 0. The summed E-state index contributed by atoms with van der Waals surface area (Å²) in [6.07, 6.45) is -1.67. The average molecular weight is 457 g/mol. The number of nitrogens with zero attached hydrogens (tertiary/aromatic N) is 2. The molecule has 0 aliphatic carbocycles. The van der Waals surface area contributed by atoms with Gasteiger partial charge in [-0.1, -0.05) is 17.7 Å². The molecule has 0 bridgehead atoms. The number of rotatable bonds is 5. The van der Waals surface area contributed by atoms with Crippen LogP contribution in [-0.4, -0.2) is 57.6 Å². The Morgan fingerprint density at radius 3 is 2.39 bits per heavy atom. The van der Waals surface area contributed by atoms with E-state index in [-0.39, 0.29) is 12.4 Å². The average Bonchev–Trinajstić information content (AvgIpc) is 3.11. The predicted octanol–water partition coefficient (Wildman–Crippen LogP) is 0.501. The van der Waals surface area contributed by atoms with Gasteiger partial charge in [0.1, 0.15) is 12.7 Å². The summed E-state index contributed by atoms with van der Waals surface area (Å²) in [5, 5.41) is 8.94. The second-order valence-corrected chi connectivity index (χ2v) is 7.28. The van der Waals surface area contributed by atoms with Crippen LogP contribution in [-0.2, 0) is 28.5 Å². The molecule has 2 N–H and O–H groups in total. The Labute approximate surface area is 186 Å². The highest BCUT2D eigenvalue weighted by Gasteiger charge is 2.51. The molecule has 1 fully saturated rings. The van der Waals surface area contributed by atoms with Gasteiger partial charge in [-0.2, -0.15) is 4.98 Å². The van der Waals surface area contributed by atoms with Crippen molar-refractivity contribution < 1.29 is 38.5 Å². The molecule has 2 aliphatic rings. The Kier molecular flexibility index (Phi) is 6.20. The van der Waals surface area contributed by atoms with Gasteiger partial charge in [0.25, 0.3) is 0 Å². The number of esters is 3. The van der Waals surface area contributed by atoms with E-state index in [1.54, 1.807) is 29.7 Å². The van der Waals surface area contributed by atoms with E-state index in [4.69, 9.17) is 24.2 Å². The summed E-state index contributed by atoms with van der Waals surface area (Å²) in [4.78, 5) is 52.6. The normalized spacial score (nSPS) is 25.2. The van der Waals surface area contributed by atoms with E-state index in [9.17, 15) is 19.2 Å². The van der Waals surface area contributed by atoms with Crippen LogP contribution in [0.25, 0.3) is 0 Å². The van der Waals surface area contributed by atoms with Gasteiger partial charge >= 0.3 is 23.6 Å². The van der Waals surface area contributed by atoms with E-state index < -0.39 is 48.1 Å². The third-order valence-corrected chi connectivity index (χ3v) is 5.03. The topological polar surface area (TPSA) is 155 Å². The number of anilines is 1. The molecule has 1 saturated heterocycles. The van der Waals surface area contributed by atoms with Crippen molar-refractivity contribution in [2.75, 3.05) is 12.1 Å². The molecule has 2 aliphatic heterocycles. The summed E-state index contributed by atoms with van der Waals surface area (Å²) < 4.78 is 22.9. The highest BCUT2D eigenvalue weighted by atomic mass is 16.7. The number of carbonyl (C=O) groups is 3. The lowest BCUT2D eigenvalue weighted by atomic mass is 10.1. The number of fused-ring (bicyclic) bond motifs is 1. The summed E-state index contributed by atoms with van der Waals surface area (Å²) in [6, 6.07) is 7.98. The number of hydrogen-bond donors (Lipinski definition) is 2. The zero-order valence-electron chi connectivity index (χ0n) is 17.2. The molecule has 172 valence electrons. The lowest BCUT2D eigenvalue weighted by molar-refractivity contribution is -0.164. The SMILES string of the molecule is Cc1ccc(C(=O)OCC2O[C@@H](n3ccc(NO)nc3=O)[C@@H]3OC(=O)/C=C\C(=O)O[C@H]23)cc1. The third kappa shape index (κ3) is 4.76. The molecule has 0 amide bonds. The minimum absolute atomic E-state index is 0.113. The minimum atomic E-state index is -1.24. The van der Waals surface area contributed by atoms with Crippen molar-refractivity contribution in [1.82, 2.24) is 9.55 Å². The molecule has 4 rings (SSSR count). The van der Waals surface area contributed by atoms with Crippen molar-refractivity contribution in [1.29, 1.82) is 0 Å². The first-order valence-electron chi connectivity index (χ1n) is 9.83. The molecule has 1 unspecified atom stereocenters. The van der Waals surface area contributed by atoms with Crippen molar-refractivity contribution in [3.05, 3.63) is 70.3 Å². The fraction of sp³-hybridized carbons (Fsp3) is 0.286. The first-order valence-corrected chi connectivity index (χ1v) is 9.83. The number of ether oxygens (including phenoxy) is 4. The monoisotopic (exact) mass is 457 g/mol. The van der Waals surface area contributed by atoms with Crippen LogP contribution in [0.1, 0.15) is 22.1 Å². The van der Waals surface area contributed by atoms with Gasteiger partial charge < -0.3 is 18.9 Å². The van der Waals surface area contributed by atoms with Gasteiger partial charge in [0.2, 0.25) is 0 Å². The zero-order valence-corrected chi connectivity index (χ0v) is 17.2. The van der Waals surface area contributed by atoms with Gasteiger partial charge in [-0.3, -0.25) is 15.3 Å². The lowest BCUT2D eigenvalue weighted by Crippen LogP contribution is -2.43. The van der Waals surface area contributed by atoms with Crippen LogP contribution in [0.4, 0.5) is 5.82 Å². The lowest BCUT2D eigenvalue weighted by Gasteiger charge is -2.25. The quantitative estimate of drug-likeness (QED) is 0.366.